The summed E-state index contributed by atoms with van der Waals surface area (Å²) in [5.74, 6) is 1.20. The minimum atomic E-state index is -0.546. The first-order chi connectivity index (χ1) is 14.7. The number of nitrogens with zero attached hydrogens (tertiary/aromatic N) is 4. The van der Waals surface area contributed by atoms with Crippen molar-refractivity contribution in [3.8, 4) is 0 Å². The zero-order chi connectivity index (χ0) is 20.5. The zero-order valence-corrected chi connectivity index (χ0v) is 16.6. The summed E-state index contributed by atoms with van der Waals surface area (Å²) >= 11 is 0. The molecule has 1 amide bonds. The molecule has 0 bridgehead atoms. The van der Waals surface area contributed by atoms with E-state index in [1.807, 2.05) is 18.2 Å². The number of piperazine rings is 1. The van der Waals surface area contributed by atoms with Gasteiger partial charge in [0.2, 0.25) is 5.95 Å². The number of fused-ring (bicyclic) bond motifs is 1. The molecule has 3 aromatic rings. The highest BCUT2D eigenvalue weighted by Gasteiger charge is 2.30. The second-order valence-corrected chi connectivity index (χ2v) is 7.89. The Morgan fingerprint density at radius 1 is 1.07 bits per heavy atom. The van der Waals surface area contributed by atoms with Crippen LogP contribution in [-0.2, 0) is 6.42 Å². The van der Waals surface area contributed by atoms with Gasteiger partial charge in [-0.05, 0) is 36.5 Å². The number of benzene rings is 1. The standard InChI is InChI=1S/C23H24N4O3/c28-20-14-17(16-5-2-1-3-6-16)13-19-18(20)15-24-23(25-19)27-10-8-26(9-11-27)22(29)21-7-4-12-30-21/h1-7,12,15,17,20,28H,8-11,13-14H2. The molecule has 7 heteroatoms. The van der Waals surface area contributed by atoms with E-state index in [1.165, 1.54) is 11.8 Å². The van der Waals surface area contributed by atoms with Crippen LogP contribution in [0.2, 0.25) is 0 Å². The van der Waals surface area contributed by atoms with Crippen molar-refractivity contribution in [3.05, 3.63) is 77.5 Å². The van der Waals surface area contributed by atoms with Crippen molar-refractivity contribution >= 4 is 11.9 Å². The van der Waals surface area contributed by atoms with Crippen LogP contribution in [0.5, 0.6) is 0 Å². The van der Waals surface area contributed by atoms with Gasteiger partial charge in [-0.15, -0.1) is 0 Å². The highest BCUT2D eigenvalue weighted by Crippen LogP contribution is 2.38. The van der Waals surface area contributed by atoms with Gasteiger partial charge in [-0.1, -0.05) is 30.3 Å². The van der Waals surface area contributed by atoms with E-state index in [4.69, 9.17) is 9.40 Å². The fourth-order valence-corrected chi connectivity index (χ4v) is 4.37. The minimum Gasteiger partial charge on any atom is -0.459 e. The third-order valence-electron chi connectivity index (χ3n) is 6.05. The molecule has 1 aromatic carbocycles. The largest absolute Gasteiger partial charge is 0.459 e. The second-order valence-electron chi connectivity index (χ2n) is 7.89. The van der Waals surface area contributed by atoms with Crippen LogP contribution in [0.4, 0.5) is 5.95 Å². The number of carbonyl (C=O) groups excluding carboxylic acids is 1. The lowest BCUT2D eigenvalue weighted by molar-refractivity contribution is 0.0714. The van der Waals surface area contributed by atoms with Crippen LogP contribution in [0.1, 0.15) is 45.8 Å². The maximum Gasteiger partial charge on any atom is 0.289 e. The smallest absolute Gasteiger partial charge is 0.289 e. The first-order valence-corrected chi connectivity index (χ1v) is 10.4. The Morgan fingerprint density at radius 3 is 2.60 bits per heavy atom. The van der Waals surface area contributed by atoms with Crippen molar-refractivity contribution in [3.63, 3.8) is 0 Å². The van der Waals surface area contributed by atoms with Gasteiger partial charge >= 0.3 is 0 Å². The molecular formula is C23H24N4O3. The third kappa shape index (κ3) is 3.57. The summed E-state index contributed by atoms with van der Waals surface area (Å²) in [5, 5.41) is 10.6. The van der Waals surface area contributed by atoms with Gasteiger partial charge in [0, 0.05) is 37.9 Å². The highest BCUT2D eigenvalue weighted by atomic mass is 16.3. The summed E-state index contributed by atoms with van der Waals surface area (Å²) in [6.07, 6.45) is 4.22. The molecule has 154 valence electrons. The molecule has 0 spiro atoms. The number of amides is 1. The van der Waals surface area contributed by atoms with Crippen LogP contribution in [0.3, 0.4) is 0 Å². The van der Waals surface area contributed by atoms with Crippen molar-refractivity contribution in [1.29, 1.82) is 0 Å². The molecule has 1 aliphatic carbocycles. The van der Waals surface area contributed by atoms with Crippen LogP contribution >= 0.6 is 0 Å². The Kier molecular flexibility index (Phi) is 4.96. The summed E-state index contributed by atoms with van der Waals surface area (Å²) in [5.41, 5.74) is 2.98. The van der Waals surface area contributed by atoms with Crippen LogP contribution in [0.25, 0.3) is 0 Å². The highest BCUT2D eigenvalue weighted by molar-refractivity contribution is 5.91. The number of furan rings is 1. The van der Waals surface area contributed by atoms with Crippen LogP contribution in [0.15, 0.2) is 59.3 Å². The molecule has 2 aliphatic rings. The molecule has 2 unspecified atom stereocenters. The summed E-state index contributed by atoms with van der Waals surface area (Å²) in [6.45, 7) is 2.51. The molecule has 1 fully saturated rings. The molecule has 3 heterocycles. The van der Waals surface area contributed by atoms with Gasteiger partial charge in [-0.3, -0.25) is 4.79 Å². The predicted octanol–water partition coefficient (Wildman–Crippen LogP) is 2.80. The maximum absolute atomic E-state index is 12.5. The summed E-state index contributed by atoms with van der Waals surface area (Å²) in [6, 6.07) is 13.7. The number of hydrogen-bond acceptors (Lipinski definition) is 6. The van der Waals surface area contributed by atoms with E-state index in [0.717, 1.165) is 17.7 Å². The summed E-state index contributed by atoms with van der Waals surface area (Å²) in [7, 11) is 0. The second kappa shape index (κ2) is 7.91. The first-order valence-electron chi connectivity index (χ1n) is 10.4. The minimum absolute atomic E-state index is 0.0835. The number of aromatic nitrogens is 2. The molecule has 1 N–H and O–H groups in total. The lowest BCUT2D eigenvalue weighted by Gasteiger charge is -2.35. The van der Waals surface area contributed by atoms with E-state index in [-0.39, 0.29) is 11.8 Å². The van der Waals surface area contributed by atoms with Crippen molar-refractivity contribution < 1.29 is 14.3 Å². The number of rotatable bonds is 3. The Hall–Kier alpha value is -3.19. The Labute approximate surface area is 175 Å². The molecule has 1 aliphatic heterocycles. The van der Waals surface area contributed by atoms with E-state index in [1.54, 1.807) is 23.2 Å². The van der Waals surface area contributed by atoms with E-state index in [0.29, 0.717) is 44.3 Å². The topological polar surface area (TPSA) is 82.7 Å². The fourth-order valence-electron chi connectivity index (χ4n) is 4.37. The Bertz CT molecular complexity index is 1010. The predicted molar refractivity (Wildman–Crippen MR) is 111 cm³/mol. The van der Waals surface area contributed by atoms with Crippen LogP contribution < -0.4 is 4.90 Å². The number of aliphatic hydroxyl groups excluding tert-OH is 1. The molecule has 30 heavy (non-hydrogen) atoms. The van der Waals surface area contributed by atoms with E-state index in [9.17, 15) is 9.90 Å². The third-order valence-corrected chi connectivity index (χ3v) is 6.05. The molecular weight excluding hydrogens is 380 g/mol. The van der Waals surface area contributed by atoms with Crippen molar-refractivity contribution in [2.24, 2.45) is 0 Å². The normalized spacial score (nSPS) is 21.4. The van der Waals surface area contributed by atoms with Crippen molar-refractivity contribution in [2.75, 3.05) is 31.1 Å². The molecule has 7 nitrogen and oxygen atoms in total. The zero-order valence-electron chi connectivity index (χ0n) is 16.6. The van der Waals surface area contributed by atoms with Crippen LogP contribution in [-0.4, -0.2) is 52.1 Å². The van der Waals surface area contributed by atoms with Gasteiger partial charge in [0.05, 0.1) is 18.1 Å². The molecule has 0 radical (unpaired) electrons. The summed E-state index contributed by atoms with van der Waals surface area (Å²) in [4.78, 5) is 25.7. The molecule has 5 rings (SSSR count). The van der Waals surface area contributed by atoms with E-state index >= 15 is 0 Å². The summed E-state index contributed by atoms with van der Waals surface area (Å²) < 4.78 is 5.23. The van der Waals surface area contributed by atoms with Crippen molar-refractivity contribution in [2.45, 2.75) is 24.9 Å². The van der Waals surface area contributed by atoms with E-state index < -0.39 is 6.10 Å². The molecule has 2 atom stereocenters. The average Bonchev–Trinajstić information content (AvgIpc) is 3.34. The van der Waals surface area contributed by atoms with Gasteiger partial charge in [0.25, 0.3) is 5.91 Å². The van der Waals surface area contributed by atoms with Gasteiger partial charge in [0.1, 0.15) is 0 Å². The monoisotopic (exact) mass is 404 g/mol. The molecule has 0 saturated carbocycles. The number of hydrogen-bond donors (Lipinski definition) is 1. The SMILES string of the molecule is O=C(c1ccco1)N1CCN(c2ncc3c(n2)CC(c2ccccc2)CC3O)CC1. The molecule has 2 aromatic heterocycles. The van der Waals surface area contributed by atoms with Gasteiger partial charge in [0.15, 0.2) is 5.76 Å². The Morgan fingerprint density at radius 2 is 1.87 bits per heavy atom. The average molecular weight is 404 g/mol. The lowest BCUT2D eigenvalue weighted by atomic mass is 9.81. The Balaban J connectivity index is 1.30. The fraction of sp³-hybridized carbons (Fsp3) is 0.348. The number of anilines is 1. The van der Waals surface area contributed by atoms with Crippen LogP contribution in [0, 0.1) is 0 Å². The first kappa shape index (κ1) is 18.8. The maximum atomic E-state index is 12.5. The van der Waals surface area contributed by atoms with Crippen molar-refractivity contribution in [1.82, 2.24) is 14.9 Å². The lowest BCUT2D eigenvalue weighted by Crippen LogP contribution is -2.49. The van der Waals surface area contributed by atoms with Gasteiger partial charge < -0.3 is 19.3 Å². The quantitative estimate of drug-likeness (QED) is 0.723. The molecule has 1 saturated heterocycles. The number of carbonyl (C=O) groups is 1. The van der Waals surface area contributed by atoms with Gasteiger partial charge in [-0.2, -0.15) is 0 Å². The number of aliphatic hydroxyl groups is 1. The van der Waals surface area contributed by atoms with E-state index in [2.05, 4.69) is 22.0 Å². The van der Waals surface area contributed by atoms with Gasteiger partial charge in [-0.25, -0.2) is 9.97 Å².